The summed E-state index contributed by atoms with van der Waals surface area (Å²) in [5.41, 5.74) is 1.84. The fourth-order valence-corrected chi connectivity index (χ4v) is 1.13. The zero-order chi connectivity index (χ0) is 8.39. The minimum atomic E-state index is 0.766. The van der Waals surface area contributed by atoms with E-state index in [1.165, 1.54) is 0 Å². The molecule has 0 aliphatic carbocycles. The Morgan fingerprint density at radius 1 is 1.50 bits per heavy atom. The first-order valence-corrected chi connectivity index (χ1v) is 3.72. The van der Waals surface area contributed by atoms with E-state index in [0.717, 1.165) is 17.9 Å². The summed E-state index contributed by atoms with van der Waals surface area (Å²) in [5, 5.41) is 14.3. The van der Waals surface area contributed by atoms with Gasteiger partial charge in [-0.05, 0) is 29.6 Å². The van der Waals surface area contributed by atoms with Crippen LogP contribution < -0.4 is 5.32 Å². The lowest BCUT2D eigenvalue weighted by Crippen LogP contribution is -2.09. The predicted molar refractivity (Wildman–Crippen MR) is 43.5 cm³/mol. The zero-order valence-electron chi connectivity index (χ0n) is 6.73. The van der Waals surface area contributed by atoms with Crippen molar-refractivity contribution in [2.75, 3.05) is 7.05 Å². The maximum absolute atomic E-state index is 3.85. The Morgan fingerprint density at radius 2 is 2.42 bits per heavy atom. The number of hydrogen-bond donors (Lipinski definition) is 1. The number of nitrogens with one attached hydrogen (secondary N) is 1. The monoisotopic (exact) mass is 163 g/mol. The van der Waals surface area contributed by atoms with Gasteiger partial charge < -0.3 is 5.32 Å². The van der Waals surface area contributed by atoms with E-state index in [-0.39, 0.29) is 0 Å². The number of aromatic nitrogens is 4. The summed E-state index contributed by atoms with van der Waals surface area (Å²) in [6.45, 7) is 0.766. The maximum atomic E-state index is 3.85. The minimum absolute atomic E-state index is 0.766. The number of tetrazole rings is 1. The average molecular weight is 163 g/mol. The van der Waals surface area contributed by atoms with Crippen LogP contribution in [0.4, 0.5) is 0 Å². The molecule has 0 atom stereocenters. The lowest BCUT2D eigenvalue weighted by Gasteiger charge is -2.00. The van der Waals surface area contributed by atoms with Gasteiger partial charge in [0.25, 0.3) is 0 Å². The first kappa shape index (κ1) is 7.17. The molecule has 12 heavy (non-hydrogen) atoms. The molecule has 0 fully saturated rings. The third-order valence-electron chi connectivity index (χ3n) is 1.66. The van der Waals surface area contributed by atoms with Gasteiger partial charge in [-0.2, -0.15) is 4.52 Å². The second-order valence-corrected chi connectivity index (χ2v) is 2.50. The third-order valence-corrected chi connectivity index (χ3v) is 1.66. The van der Waals surface area contributed by atoms with E-state index in [9.17, 15) is 0 Å². The highest BCUT2D eigenvalue weighted by molar-refractivity contribution is 5.36. The van der Waals surface area contributed by atoms with E-state index in [1.54, 1.807) is 4.52 Å². The van der Waals surface area contributed by atoms with Crippen LogP contribution in [0.25, 0.3) is 5.65 Å². The summed E-state index contributed by atoms with van der Waals surface area (Å²) < 4.78 is 1.72. The highest BCUT2D eigenvalue weighted by Crippen LogP contribution is 2.01. The van der Waals surface area contributed by atoms with E-state index in [2.05, 4.69) is 20.8 Å². The van der Waals surface area contributed by atoms with Crippen LogP contribution in [0.2, 0.25) is 0 Å². The molecule has 0 saturated heterocycles. The van der Waals surface area contributed by atoms with Crippen LogP contribution in [0, 0.1) is 0 Å². The van der Waals surface area contributed by atoms with Gasteiger partial charge in [0.15, 0.2) is 5.65 Å². The normalized spacial score (nSPS) is 10.8. The summed E-state index contributed by atoms with van der Waals surface area (Å²) in [6.07, 6.45) is 0. The zero-order valence-corrected chi connectivity index (χ0v) is 6.73. The third kappa shape index (κ3) is 1.04. The Bertz CT molecular complexity index is 380. The SMILES string of the molecule is CNCc1cccc2nnnn12. The summed E-state index contributed by atoms with van der Waals surface area (Å²) in [5.74, 6) is 0. The number of pyridine rings is 1. The van der Waals surface area contributed by atoms with Crippen molar-refractivity contribution in [3.8, 4) is 0 Å². The highest BCUT2D eigenvalue weighted by atomic mass is 15.5. The molecule has 2 heterocycles. The predicted octanol–water partition coefficient (Wildman–Crippen LogP) is -0.156. The molecule has 0 spiro atoms. The maximum Gasteiger partial charge on any atom is 0.179 e. The van der Waals surface area contributed by atoms with E-state index in [4.69, 9.17) is 0 Å². The second-order valence-electron chi connectivity index (χ2n) is 2.50. The van der Waals surface area contributed by atoms with Crippen molar-refractivity contribution in [2.45, 2.75) is 6.54 Å². The van der Waals surface area contributed by atoms with E-state index < -0.39 is 0 Å². The average Bonchev–Trinajstić information content (AvgIpc) is 2.53. The van der Waals surface area contributed by atoms with Gasteiger partial charge in [0, 0.05) is 6.54 Å². The Morgan fingerprint density at radius 3 is 3.25 bits per heavy atom. The summed E-state index contributed by atoms with van der Waals surface area (Å²) in [7, 11) is 1.89. The minimum Gasteiger partial charge on any atom is -0.314 e. The quantitative estimate of drug-likeness (QED) is 0.668. The fourth-order valence-electron chi connectivity index (χ4n) is 1.13. The molecule has 62 valence electrons. The number of rotatable bonds is 2. The number of fused-ring (bicyclic) bond motifs is 1. The van der Waals surface area contributed by atoms with Crippen LogP contribution in [-0.4, -0.2) is 27.1 Å². The van der Waals surface area contributed by atoms with Crippen molar-refractivity contribution in [2.24, 2.45) is 0 Å². The van der Waals surface area contributed by atoms with Gasteiger partial charge in [0.2, 0.25) is 0 Å². The molecule has 5 heteroatoms. The van der Waals surface area contributed by atoms with E-state index in [0.29, 0.717) is 0 Å². The van der Waals surface area contributed by atoms with Gasteiger partial charge in [-0.15, -0.1) is 5.10 Å². The first-order chi connectivity index (χ1) is 5.92. The molecular weight excluding hydrogens is 154 g/mol. The van der Waals surface area contributed by atoms with Gasteiger partial charge >= 0.3 is 0 Å². The van der Waals surface area contributed by atoms with Crippen molar-refractivity contribution in [3.63, 3.8) is 0 Å². The molecule has 0 aliphatic rings. The summed E-state index contributed by atoms with van der Waals surface area (Å²) >= 11 is 0. The molecule has 0 radical (unpaired) electrons. The summed E-state index contributed by atoms with van der Waals surface area (Å²) in [6, 6.07) is 5.80. The molecule has 1 N–H and O–H groups in total. The van der Waals surface area contributed by atoms with Crippen molar-refractivity contribution in [1.29, 1.82) is 0 Å². The Kier molecular flexibility index (Phi) is 1.71. The molecule has 0 aromatic carbocycles. The molecule has 2 rings (SSSR count). The van der Waals surface area contributed by atoms with Crippen molar-refractivity contribution >= 4 is 5.65 Å². The lowest BCUT2D eigenvalue weighted by molar-refractivity contribution is 0.721. The standard InChI is InChI=1S/C7H9N5/c1-8-5-6-3-2-4-7-9-10-11-12(6)7/h2-4,8H,5H2,1H3. The molecule has 2 aromatic heterocycles. The number of hydrogen-bond acceptors (Lipinski definition) is 4. The topological polar surface area (TPSA) is 55.1 Å². The van der Waals surface area contributed by atoms with Crippen molar-refractivity contribution in [3.05, 3.63) is 23.9 Å². The largest absolute Gasteiger partial charge is 0.314 e. The van der Waals surface area contributed by atoms with Crippen LogP contribution in [-0.2, 0) is 6.54 Å². The molecular formula is C7H9N5. The Balaban J connectivity index is 2.57. The fraction of sp³-hybridized carbons (Fsp3) is 0.286. The van der Waals surface area contributed by atoms with Gasteiger partial charge in [-0.3, -0.25) is 0 Å². The Hall–Kier alpha value is -1.49. The van der Waals surface area contributed by atoms with Gasteiger partial charge in [0.05, 0.1) is 5.69 Å². The summed E-state index contributed by atoms with van der Waals surface area (Å²) in [4.78, 5) is 0. The van der Waals surface area contributed by atoms with Crippen LogP contribution in [0.15, 0.2) is 18.2 Å². The molecule has 0 amide bonds. The molecule has 0 aliphatic heterocycles. The molecule has 5 nitrogen and oxygen atoms in total. The molecule has 2 aromatic rings. The molecule has 0 bridgehead atoms. The van der Waals surface area contributed by atoms with Gasteiger partial charge in [-0.25, -0.2) is 0 Å². The number of nitrogens with zero attached hydrogens (tertiary/aromatic N) is 4. The second kappa shape index (κ2) is 2.86. The van der Waals surface area contributed by atoms with Gasteiger partial charge in [-0.1, -0.05) is 6.07 Å². The van der Waals surface area contributed by atoms with Crippen LogP contribution in [0.5, 0.6) is 0 Å². The van der Waals surface area contributed by atoms with Crippen molar-refractivity contribution in [1.82, 2.24) is 25.4 Å². The van der Waals surface area contributed by atoms with Crippen molar-refractivity contribution < 1.29 is 0 Å². The van der Waals surface area contributed by atoms with E-state index in [1.807, 2.05) is 25.2 Å². The lowest BCUT2D eigenvalue weighted by atomic mass is 10.3. The smallest absolute Gasteiger partial charge is 0.179 e. The highest BCUT2D eigenvalue weighted by Gasteiger charge is 2.00. The van der Waals surface area contributed by atoms with Gasteiger partial charge in [0.1, 0.15) is 0 Å². The van der Waals surface area contributed by atoms with Crippen LogP contribution >= 0.6 is 0 Å². The molecule has 0 saturated carbocycles. The van der Waals surface area contributed by atoms with Crippen LogP contribution in [0.3, 0.4) is 0 Å². The first-order valence-electron chi connectivity index (χ1n) is 3.72. The van der Waals surface area contributed by atoms with E-state index >= 15 is 0 Å². The Labute approximate surface area is 69.4 Å². The molecule has 0 unspecified atom stereocenters. The van der Waals surface area contributed by atoms with Crippen LogP contribution in [0.1, 0.15) is 5.69 Å².